The molecule has 15 heavy (non-hydrogen) atoms. The van der Waals surface area contributed by atoms with Crippen molar-refractivity contribution in [3.63, 3.8) is 0 Å². The number of esters is 1. The molecular formula is C11H13NO3. The first-order valence-corrected chi connectivity index (χ1v) is 4.95. The van der Waals surface area contributed by atoms with Crippen molar-refractivity contribution in [1.29, 1.82) is 0 Å². The van der Waals surface area contributed by atoms with Crippen LogP contribution in [-0.2, 0) is 18.2 Å². The molecule has 0 fully saturated rings. The molecule has 0 unspecified atom stereocenters. The smallest absolute Gasteiger partial charge is 0.354 e. The Morgan fingerprint density at radius 2 is 2.20 bits per heavy atom. The van der Waals surface area contributed by atoms with Gasteiger partial charge in [-0.2, -0.15) is 0 Å². The van der Waals surface area contributed by atoms with Gasteiger partial charge in [-0.15, -0.1) is 0 Å². The van der Waals surface area contributed by atoms with Gasteiger partial charge in [0.15, 0.2) is 5.78 Å². The van der Waals surface area contributed by atoms with E-state index in [0.717, 1.165) is 18.5 Å². The third-order valence-corrected chi connectivity index (χ3v) is 2.87. The van der Waals surface area contributed by atoms with Crippen molar-refractivity contribution in [1.82, 2.24) is 4.57 Å². The number of carbonyl (C=O) groups is 2. The first-order chi connectivity index (χ1) is 7.15. The minimum atomic E-state index is -0.389. The maximum atomic E-state index is 11.6. The van der Waals surface area contributed by atoms with E-state index in [1.165, 1.54) is 7.11 Å². The zero-order valence-corrected chi connectivity index (χ0v) is 8.87. The van der Waals surface area contributed by atoms with Crippen LogP contribution >= 0.6 is 0 Å². The van der Waals surface area contributed by atoms with Crippen LogP contribution in [0.2, 0.25) is 0 Å². The van der Waals surface area contributed by atoms with Gasteiger partial charge >= 0.3 is 5.97 Å². The van der Waals surface area contributed by atoms with Crippen molar-refractivity contribution in [2.45, 2.75) is 19.3 Å². The maximum absolute atomic E-state index is 11.6. The van der Waals surface area contributed by atoms with Gasteiger partial charge in [-0.3, -0.25) is 4.79 Å². The monoisotopic (exact) mass is 207 g/mol. The number of carbonyl (C=O) groups excluding carboxylic acids is 2. The Hall–Kier alpha value is -1.58. The predicted octanol–water partition coefficient (Wildman–Crippen LogP) is 1.33. The zero-order valence-electron chi connectivity index (χ0n) is 8.87. The van der Waals surface area contributed by atoms with Crippen LogP contribution in [0, 0.1) is 0 Å². The number of fused-ring (bicyclic) bond motifs is 1. The Morgan fingerprint density at radius 1 is 1.47 bits per heavy atom. The SMILES string of the molecule is COC(=O)c1cc2c(n1C)CCCC2=O. The van der Waals surface area contributed by atoms with E-state index in [0.29, 0.717) is 17.7 Å². The molecule has 1 heterocycles. The van der Waals surface area contributed by atoms with Crippen molar-refractivity contribution in [2.24, 2.45) is 7.05 Å². The van der Waals surface area contributed by atoms with Crippen LogP contribution in [0.15, 0.2) is 6.07 Å². The minimum absolute atomic E-state index is 0.127. The van der Waals surface area contributed by atoms with Gasteiger partial charge in [-0.25, -0.2) is 4.79 Å². The number of ketones is 1. The van der Waals surface area contributed by atoms with Gasteiger partial charge in [-0.1, -0.05) is 0 Å². The van der Waals surface area contributed by atoms with E-state index in [2.05, 4.69) is 4.74 Å². The molecule has 0 atom stereocenters. The van der Waals surface area contributed by atoms with Crippen LogP contribution in [0.4, 0.5) is 0 Å². The highest BCUT2D eigenvalue weighted by molar-refractivity contribution is 6.01. The zero-order chi connectivity index (χ0) is 11.0. The highest BCUT2D eigenvalue weighted by Gasteiger charge is 2.24. The second-order valence-corrected chi connectivity index (χ2v) is 3.72. The lowest BCUT2D eigenvalue weighted by molar-refractivity contribution is 0.0589. The molecule has 0 radical (unpaired) electrons. The summed E-state index contributed by atoms with van der Waals surface area (Å²) in [5, 5.41) is 0. The fourth-order valence-electron chi connectivity index (χ4n) is 2.04. The number of methoxy groups -OCH3 is 1. The third kappa shape index (κ3) is 1.46. The molecular weight excluding hydrogens is 194 g/mol. The summed E-state index contributed by atoms with van der Waals surface area (Å²) in [6.45, 7) is 0. The van der Waals surface area contributed by atoms with E-state index in [1.807, 2.05) is 0 Å². The summed E-state index contributed by atoms with van der Waals surface area (Å²) >= 11 is 0. The fourth-order valence-corrected chi connectivity index (χ4v) is 2.04. The molecule has 0 spiro atoms. The Morgan fingerprint density at radius 3 is 2.80 bits per heavy atom. The minimum Gasteiger partial charge on any atom is -0.464 e. The highest BCUT2D eigenvalue weighted by atomic mass is 16.5. The number of hydrogen-bond donors (Lipinski definition) is 0. The Bertz CT molecular complexity index is 431. The summed E-state index contributed by atoms with van der Waals surface area (Å²) < 4.78 is 6.42. The van der Waals surface area contributed by atoms with Crippen LogP contribution in [-0.4, -0.2) is 23.4 Å². The summed E-state index contributed by atoms with van der Waals surface area (Å²) in [7, 11) is 3.14. The largest absolute Gasteiger partial charge is 0.464 e. The molecule has 4 nitrogen and oxygen atoms in total. The van der Waals surface area contributed by atoms with E-state index in [1.54, 1.807) is 17.7 Å². The molecule has 1 aromatic heterocycles. The molecule has 1 aliphatic rings. The number of rotatable bonds is 1. The molecule has 0 aliphatic heterocycles. The Balaban J connectivity index is 2.52. The normalized spacial score (nSPS) is 14.9. The van der Waals surface area contributed by atoms with Crippen LogP contribution in [0.1, 0.15) is 39.4 Å². The van der Waals surface area contributed by atoms with E-state index in [4.69, 9.17) is 0 Å². The molecule has 0 bridgehead atoms. The number of aromatic nitrogens is 1. The van der Waals surface area contributed by atoms with Crippen molar-refractivity contribution < 1.29 is 14.3 Å². The standard InChI is InChI=1S/C11H13NO3/c1-12-8-4-3-5-10(13)7(8)6-9(12)11(14)15-2/h6H,3-5H2,1-2H3. The summed E-state index contributed by atoms with van der Waals surface area (Å²) in [4.78, 5) is 23.0. The second kappa shape index (κ2) is 3.53. The van der Waals surface area contributed by atoms with E-state index in [9.17, 15) is 9.59 Å². The first kappa shape index (κ1) is 9.96. The molecule has 2 rings (SSSR count). The van der Waals surface area contributed by atoms with E-state index < -0.39 is 0 Å². The molecule has 4 heteroatoms. The predicted molar refractivity (Wildman–Crippen MR) is 54.0 cm³/mol. The number of hydrogen-bond acceptors (Lipinski definition) is 3. The topological polar surface area (TPSA) is 48.3 Å². The summed E-state index contributed by atoms with van der Waals surface area (Å²) in [5.41, 5.74) is 2.09. The van der Waals surface area contributed by atoms with Crippen LogP contribution in [0.25, 0.3) is 0 Å². The van der Waals surface area contributed by atoms with Gasteiger partial charge < -0.3 is 9.30 Å². The second-order valence-electron chi connectivity index (χ2n) is 3.72. The van der Waals surface area contributed by atoms with Gasteiger partial charge in [0, 0.05) is 24.7 Å². The van der Waals surface area contributed by atoms with Gasteiger partial charge in [-0.05, 0) is 18.9 Å². The first-order valence-electron chi connectivity index (χ1n) is 4.95. The quantitative estimate of drug-likeness (QED) is 0.653. The molecule has 0 amide bonds. The maximum Gasteiger partial charge on any atom is 0.354 e. The fraction of sp³-hybridized carbons (Fsp3) is 0.455. The lowest BCUT2D eigenvalue weighted by Crippen LogP contribution is -2.13. The van der Waals surface area contributed by atoms with E-state index >= 15 is 0 Å². The molecule has 80 valence electrons. The molecule has 1 aromatic rings. The molecule has 1 aliphatic carbocycles. The third-order valence-electron chi connectivity index (χ3n) is 2.87. The van der Waals surface area contributed by atoms with Gasteiger partial charge in [0.2, 0.25) is 0 Å². The van der Waals surface area contributed by atoms with Gasteiger partial charge in [0.25, 0.3) is 0 Å². The average molecular weight is 207 g/mol. The van der Waals surface area contributed by atoms with Gasteiger partial charge in [0.05, 0.1) is 7.11 Å². The summed E-state index contributed by atoms with van der Waals surface area (Å²) in [6.07, 6.45) is 2.30. The lowest BCUT2D eigenvalue weighted by Gasteiger charge is -2.12. The number of ether oxygens (including phenoxy) is 1. The molecule has 0 saturated carbocycles. The highest BCUT2D eigenvalue weighted by Crippen LogP contribution is 2.24. The van der Waals surface area contributed by atoms with Crippen molar-refractivity contribution in [3.05, 3.63) is 23.0 Å². The molecule has 0 N–H and O–H groups in total. The Kier molecular flexibility index (Phi) is 2.34. The lowest BCUT2D eigenvalue weighted by atomic mass is 9.97. The Labute approximate surface area is 87.8 Å². The summed E-state index contributed by atoms with van der Waals surface area (Å²) in [5.74, 6) is -0.262. The van der Waals surface area contributed by atoms with Crippen molar-refractivity contribution >= 4 is 11.8 Å². The van der Waals surface area contributed by atoms with Crippen LogP contribution in [0.5, 0.6) is 0 Å². The van der Waals surface area contributed by atoms with Crippen molar-refractivity contribution in [2.75, 3.05) is 7.11 Å². The molecule has 0 aromatic carbocycles. The van der Waals surface area contributed by atoms with Gasteiger partial charge in [0.1, 0.15) is 5.69 Å². The molecule has 0 saturated heterocycles. The number of nitrogens with zero attached hydrogens (tertiary/aromatic N) is 1. The van der Waals surface area contributed by atoms with E-state index in [-0.39, 0.29) is 11.8 Å². The summed E-state index contributed by atoms with van der Waals surface area (Å²) in [6, 6.07) is 1.64. The number of Topliss-reactive ketones (excluding diaryl/α,β-unsaturated/α-hetero) is 1. The van der Waals surface area contributed by atoms with Crippen LogP contribution < -0.4 is 0 Å². The average Bonchev–Trinajstić information content (AvgIpc) is 2.57. The van der Waals surface area contributed by atoms with Crippen LogP contribution in [0.3, 0.4) is 0 Å². The van der Waals surface area contributed by atoms with Crippen molar-refractivity contribution in [3.8, 4) is 0 Å².